The van der Waals surface area contributed by atoms with Crippen molar-refractivity contribution in [2.24, 2.45) is 11.8 Å². The molecule has 6 nitrogen and oxygen atoms in total. The lowest BCUT2D eigenvalue weighted by atomic mass is 9.95. The minimum atomic E-state index is 0.523. The fourth-order valence-electron chi connectivity index (χ4n) is 4.24. The predicted octanol–water partition coefficient (Wildman–Crippen LogP) is 3.70. The first kappa shape index (κ1) is 13.8. The third-order valence-corrected chi connectivity index (χ3v) is 5.38. The van der Waals surface area contributed by atoms with Crippen LogP contribution in [0.5, 0.6) is 0 Å². The summed E-state index contributed by atoms with van der Waals surface area (Å²) in [5.41, 5.74) is 2.55. The maximum absolute atomic E-state index is 4.71. The minimum Gasteiger partial charge on any atom is -0.365 e. The minimum absolute atomic E-state index is 0.523. The predicted molar refractivity (Wildman–Crippen MR) is 94.3 cm³/mol. The average molecular weight is 320 g/mol. The van der Waals surface area contributed by atoms with Crippen LogP contribution in [0.3, 0.4) is 0 Å². The number of aromatic nitrogens is 4. The Hall–Kier alpha value is -2.63. The molecule has 2 aliphatic carbocycles. The fourth-order valence-corrected chi connectivity index (χ4v) is 4.24. The van der Waals surface area contributed by atoms with Crippen LogP contribution in [0, 0.1) is 11.8 Å². The highest BCUT2D eigenvalue weighted by molar-refractivity contribution is 5.84. The number of rotatable bonds is 4. The lowest BCUT2D eigenvalue weighted by Crippen LogP contribution is -2.26. The summed E-state index contributed by atoms with van der Waals surface area (Å²) in [6.07, 6.45) is 7.04. The summed E-state index contributed by atoms with van der Waals surface area (Å²) < 4.78 is 0. The summed E-state index contributed by atoms with van der Waals surface area (Å²) in [6, 6.07) is 10.5. The molecule has 0 radical (unpaired) electrons. The van der Waals surface area contributed by atoms with Gasteiger partial charge in [-0.3, -0.25) is 0 Å². The van der Waals surface area contributed by atoms with Crippen LogP contribution in [0.15, 0.2) is 36.7 Å². The zero-order valence-electron chi connectivity index (χ0n) is 13.4. The van der Waals surface area contributed by atoms with Crippen molar-refractivity contribution in [3.8, 4) is 0 Å². The second-order valence-electron chi connectivity index (χ2n) is 6.91. The molecule has 2 aromatic heterocycles. The van der Waals surface area contributed by atoms with E-state index in [2.05, 4.69) is 25.6 Å². The largest absolute Gasteiger partial charge is 0.365 e. The zero-order chi connectivity index (χ0) is 15.9. The van der Waals surface area contributed by atoms with Gasteiger partial charge in [0.05, 0.1) is 6.33 Å². The Kier molecular flexibility index (Phi) is 3.14. The van der Waals surface area contributed by atoms with Crippen LogP contribution in [0.4, 0.5) is 17.5 Å². The number of nitrogens with one attached hydrogen (secondary N) is 3. The average Bonchev–Trinajstić information content (AvgIpc) is 3.32. The number of para-hydroxylation sites is 1. The summed E-state index contributed by atoms with van der Waals surface area (Å²) in [5.74, 6) is 3.11. The number of imidazole rings is 1. The number of nitrogens with zero attached hydrogens (tertiary/aromatic N) is 3. The molecule has 3 atom stereocenters. The van der Waals surface area contributed by atoms with Gasteiger partial charge in [-0.25, -0.2) is 4.98 Å². The van der Waals surface area contributed by atoms with Crippen molar-refractivity contribution in [1.82, 2.24) is 19.9 Å². The highest BCUT2D eigenvalue weighted by Crippen LogP contribution is 2.45. The smallest absolute Gasteiger partial charge is 0.231 e. The summed E-state index contributed by atoms with van der Waals surface area (Å²) in [7, 11) is 0. The topological polar surface area (TPSA) is 78.5 Å². The van der Waals surface area contributed by atoms with E-state index >= 15 is 0 Å². The molecule has 6 heteroatoms. The molecular weight excluding hydrogens is 300 g/mol. The van der Waals surface area contributed by atoms with Gasteiger partial charge in [-0.1, -0.05) is 24.6 Å². The van der Waals surface area contributed by atoms with Gasteiger partial charge < -0.3 is 15.6 Å². The second-order valence-corrected chi connectivity index (χ2v) is 6.91. The molecule has 0 aliphatic heterocycles. The Morgan fingerprint density at radius 3 is 2.75 bits per heavy atom. The molecule has 122 valence electrons. The third-order valence-electron chi connectivity index (χ3n) is 5.38. The van der Waals surface area contributed by atoms with Crippen molar-refractivity contribution < 1.29 is 0 Å². The summed E-state index contributed by atoms with van der Waals surface area (Å²) in [6.45, 7) is 0. The van der Waals surface area contributed by atoms with E-state index in [0.717, 1.165) is 28.9 Å². The molecule has 0 amide bonds. The van der Waals surface area contributed by atoms with E-state index in [4.69, 9.17) is 4.98 Å². The number of hydrogen-bond acceptors (Lipinski definition) is 5. The molecule has 0 saturated heterocycles. The molecule has 2 aliphatic rings. The van der Waals surface area contributed by atoms with Gasteiger partial charge >= 0.3 is 0 Å². The monoisotopic (exact) mass is 320 g/mol. The molecule has 5 rings (SSSR count). The lowest BCUT2D eigenvalue weighted by Gasteiger charge is -2.23. The molecule has 2 heterocycles. The van der Waals surface area contributed by atoms with E-state index < -0.39 is 0 Å². The summed E-state index contributed by atoms with van der Waals surface area (Å²) >= 11 is 0. The quantitative estimate of drug-likeness (QED) is 0.683. The molecule has 3 aromatic rings. The molecule has 0 unspecified atom stereocenters. The maximum Gasteiger partial charge on any atom is 0.231 e. The van der Waals surface area contributed by atoms with E-state index in [0.29, 0.717) is 17.6 Å². The molecule has 1 aromatic carbocycles. The van der Waals surface area contributed by atoms with Crippen molar-refractivity contribution in [3.63, 3.8) is 0 Å². The summed E-state index contributed by atoms with van der Waals surface area (Å²) in [5, 5.41) is 6.93. The molecular formula is C18H20N6. The van der Waals surface area contributed by atoms with Gasteiger partial charge in [0.15, 0.2) is 11.5 Å². The Labute approximate surface area is 140 Å². The lowest BCUT2D eigenvalue weighted by molar-refractivity contribution is 0.439. The van der Waals surface area contributed by atoms with Crippen LogP contribution in [-0.2, 0) is 0 Å². The molecule has 2 fully saturated rings. The van der Waals surface area contributed by atoms with Crippen molar-refractivity contribution in [2.75, 3.05) is 10.6 Å². The number of H-pyrrole nitrogens is 1. The van der Waals surface area contributed by atoms with Crippen LogP contribution in [0.25, 0.3) is 11.2 Å². The van der Waals surface area contributed by atoms with Crippen LogP contribution >= 0.6 is 0 Å². The summed E-state index contributed by atoms with van der Waals surface area (Å²) in [4.78, 5) is 16.7. The van der Waals surface area contributed by atoms with E-state index in [1.807, 2.05) is 30.3 Å². The molecule has 3 N–H and O–H groups in total. The first-order valence-corrected chi connectivity index (χ1v) is 8.65. The zero-order valence-corrected chi connectivity index (χ0v) is 13.4. The fraction of sp³-hybridized carbons (Fsp3) is 0.389. The third kappa shape index (κ3) is 2.38. The van der Waals surface area contributed by atoms with Gasteiger partial charge in [0.2, 0.25) is 5.95 Å². The van der Waals surface area contributed by atoms with Gasteiger partial charge in [-0.15, -0.1) is 0 Å². The van der Waals surface area contributed by atoms with Crippen molar-refractivity contribution in [1.29, 1.82) is 0 Å². The van der Waals surface area contributed by atoms with E-state index in [1.54, 1.807) is 6.33 Å². The standard InChI is InChI=1S/C18H20N6/c1-2-4-13(5-3-1)21-18-23-16-15(19-10-20-16)17(24-18)22-14-9-11-6-7-12(14)8-11/h1-5,10-12,14H,6-9H2,(H3,19,20,21,22,23,24)/t11-,12-,14-/m0/s1. The van der Waals surface area contributed by atoms with Crippen LogP contribution in [0.1, 0.15) is 25.7 Å². The SMILES string of the molecule is c1ccc(Nc2nc(N[C@H]3C[C@H]4CC[C@H]3C4)c3[nH]cnc3n2)cc1. The van der Waals surface area contributed by atoms with Gasteiger partial charge in [-0.2, -0.15) is 9.97 Å². The molecule has 0 spiro atoms. The van der Waals surface area contributed by atoms with Gasteiger partial charge in [0, 0.05) is 11.7 Å². The Morgan fingerprint density at radius 1 is 1.04 bits per heavy atom. The second kappa shape index (κ2) is 5.47. The molecule has 2 saturated carbocycles. The Balaban J connectivity index is 1.47. The number of anilines is 3. The maximum atomic E-state index is 4.71. The normalized spacial score (nSPS) is 25.2. The van der Waals surface area contributed by atoms with Crippen molar-refractivity contribution in [3.05, 3.63) is 36.7 Å². The Morgan fingerprint density at radius 2 is 1.96 bits per heavy atom. The van der Waals surface area contributed by atoms with Crippen LogP contribution < -0.4 is 10.6 Å². The van der Waals surface area contributed by atoms with Crippen molar-refractivity contribution >= 4 is 28.6 Å². The van der Waals surface area contributed by atoms with Gasteiger partial charge in [-0.05, 0) is 43.2 Å². The Bertz CT molecular complexity index is 858. The first-order chi connectivity index (χ1) is 11.8. The highest BCUT2D eigenvalue weighted by atomic mass is 15.2. The van der Waals surface area contributed by atoms with Gasteiger partial charge in [0.1, 0.15) is 5.52 Å². The van der Waals surface area contributed by atoms with E-state index in [9.17, 15) is 0 Å². The van der Waals surface area contributed by atoms with Crippen LogP contribution in [0.2, 0.25) is 0 Å². The van der Waals surface area contributed by atoms with E-state index in [1.165, 1.54) is 25.7 Å². The van der Waals surface area contributed by atoms with Crippen LogP contribution in [-0.4, -0.2) is 26.0 Å². The van der Waals surface area contributed by atoms with Gasteiger partial charge in [0.25, 0.3) is 0 Å². The number of fused-ring (bicyclic) bond motifs is 3. The molecule has 24 heavy (non-hydrogen) atoms. The number of aromatic amines is 1. The van der Waals surface area contributed by atoms with E-state index in [-0.39, 0.29) is 0 Å². The first-order valence-electron chi connectivity index (χ1n) is 8.65. The number of hydrogen-bond donors (Lipinski definition) is 3. The van der Waals surface area contributed by atoms with Crippen molar-refractivity contribution in [2.45, 2.75) is 31.7 Å². The molecule has 2 bridgehead atoms. The number of benzene rings is 1. The highest BCUT2D eigenvalue weighted by Gasteiger charge is 2.39.